The fourth-order valence-electron chi connectivity index (χ4n) is 2.10. The zero-order valence-electron chi connectivity index (χ0n) is 13.3. The molecule has 0 atom stereocenters. The summed E-state index contributed by atoms with van der Waals surface area (Å²) >= 11 is 0. The van der Waals surface area contributed by atoms with Crippen molar-refractivity contribution < 1.29 is 4.79 Å². The molecule has 0 aliphatic carbocycles. The molecular formula is C15H23N5O. The van der Waals surface area contributed by atoms with Crippen molar-refractivity contribution in [1.29, 1.82) is 0 Å². The fraction of sp³-hybridized carbons (Fsp3) is 0.533. The largest absolute Gasteiger partial charge is 0.346 e. The van der Waals surface area contributed by atoms with Gasteiger partial charge in [0.25, 0.3) is 5.91 Å². The third-order valence-corrected chi connectivity index (χ3v) is 3.46. The van der Waals surface area contributed by atoms with Gasteiger partial charge >= 0.3 is 0 Å². The lowest BCUT2D eigenvalue weighted by atomic mass is 10.0. The van der Waals surface area contributed by atoms with Gasteiger partial charge in [-0.25, -0.2) is 9.67 Å². The van der Waals surface area contributed by atoms with Crippen molar-refractivity contribution in [3.05, 3.63) is 23.5 Å². The minimum atomic E-state index is -0.444. The molecule has 2 heterocycles. The number of rotatable bonds is 4. The molecule has 0 radical (unpaired) electrons. The smallest absolute Gasteiger partial charge is 0.253 e. The Bertz CT molecular complexity index is 672. The van der Waals surface area contributed by atoms with Crippen LogP contribution in [0.3, 0.4) is 0 Å². The summed E-state index contributed by atoms with van der Waals surface area (Å²) in [7, 11) is 0. The standard InChI is InChI=1S/C15H23N5O/c1-9(2)20-13-11(7-17-20)6-12(10(3)18-13)14(21)19-15(4,5)8-16/h6-7,9H,8,16H2,1-5H3,(H,19,21). The van der Waals surface area contributed by atoms with Crippen LogP contribution in [0.2, 0.25) is 0 Å². The second-order valence-electron chi connectivity index (χ2n) is 6.26. The molecule has 114 valence electrons. The van der Waals surface area contributed by atoms with Crippen LogP contribution in [-0.2, 0) is 0 Å². The molecule has 1 amide bonds. The zero-order chi connectivity index (χ0) is 15.8. The highest BCUT2D eigenvalue weighted by Crippen LogP contribution is 2.19. The minimum Gasteiger partial charge on any atom is -0.346 e. The van der Waals surface area contributed by atoms with E-state index in [4.69, 9.17) is 5.73 Å². The van der Waals surface area contributed by atoms with Gasteiger partial charge < -0.3 is 11.1 Å². The molecule has 0 spiro atoms. The first-order chi connectivity index (χ1) is 9.75. The number of nitrogens with zero attached hydrogens (tertiary/aromatic N) is 3. The van der Waals surface area contributed by atoms with E-state index in [9.17, 15) is 4.79 Å². The first-order valence-electron chi connectivity index (χ1n) is 7.12. The van der Waals surface area contributed by atoms with Gasteiger partial charge in [-0.2, -0.15) is 5.10 Å². The molecule has 6 nitrogen and oxygen atoms in total. The van der Waals surface area contributed by atoms with E-state index in [1.54, 1.807) is 6.20 Å². The van der Waals surface area contributed by atoms with Crippen molar-refractivity contribution in [1.82, 2.24) is 20.1 Å². The van der Waals surface area contributed by atoms with Crippen molar-refractivity contribution >= 4 is 16.9 Å². The van der Waals surface area contributed by atoms with Gasteiger partial charge in [0, 0.05) is 23.5 Å². The van der Waals surface area contributed by atoms with Gasteiger partial charge in [-0.3, -0.25) is 4.79 Å². The predicted octanol–water partition coefficient (Wildman–Crippen LogP) is 1.79. The maximum Gasteiger partial charge on any atom is 0.253 e. The third-order valence-electron chi connectivity index (χ3n) is 3.46. The van der Waals surface area contributed by atoms with Gasteiger partial charge in [0.1, 0.15) is 0 Å². The van der Waals surface area contributed by atoms with Gasteiger partial charge in [-0.1, -0.05) is 0 Å². The van der Waals surface area contributed by atoms with Crippen LogP contribution in [0.1, 0.15) is 49.8 Å². The predicted molar refractivity (Wildman–Crippen MR) is 83.2 cm³/mol. The van der Waals surface area contributed by atoms with Crippen LogP contribution in [0.25, 0.3) is 11.0 Å². The summed E-state index contributed by atoms with van der Waals surface area (Å²) in [5.41, 5.74) is 7.27. The molecule has 2 aromatic heterocycles. The maximum absolute atomic E-state index is 12.4. The van der Waals surface area contributed by atoms with Gasteiger partial charge in [0.2, 0.25) is 0 Å². The molecule has 0 aliphatic heterocycles. The Morgan fingerprint density at radius 3 is 2.71 bits per heavy atom. The van der Waals surface area contributed by atoms with E-state index in [0.717, 1.165) is 11.0 Å². The molecule has 0 aromatic carbocycles. The Hall–Kier alpha value is -1.95. The van der Waals surface area contributed by atoms with Gasteiger partial charge in [-0.15, -0.1) is 0 Å². The summed E-state index contributed by atoms with van der Waals surface area (Å²) in [6.07, 6.45) is 1.74. The molecule has 2 rings (SSSR count). The average Bonchev–Trinajstić information content (AvgIpc) is 2.80. The first-order valence-corrected chi connectivity index (χ1v) is 7.12. The number of nitrogens with one attached hydrogen (secondary N) is 1. The average molecular weight is 289 g/mol. The second-order valence-corrected chi connectivity index (χ2v) is 6.26. The van der Waals surface area contributed by atoms with Crippen LogP contribution >= 0.6 is 0 Å². The van der Waals surface area contributed by atoms with Gasteiger partial charge in [-0.05, 0) is 40.7 Å². The Balaban J connectivity index is 2.42. The van der Waals surface area contributed by atoms with Crippen LogP contribution in [0.15, 0.2) is 12.3 Å². The molecule has 2 aromatic rings. The highest BCUT2D eigenvalue weighted by Gasteiger charge is 2.21. The first kappa shape index (κ1) is 15.4. The molecule has 0 saturated carbocycles. The monoisotopic (exact) mass is 289 g/mol. The molecule has 21 heavy (non-hydrogen) atoms. The zero-order valence-corrected chi connectivity index (χ0v) is 13.3. The number of amides is 1. The van der Waals surface area contributed by atoms with Crippen LogP contribution < -0.4 is 11.1 Å². The number of fused-ring (bicyclic) bond motifs is 1. The summed E-state index contributed by atoms with van der Waals surface area (Å²) in [5, 5.41) is 8.12. The van der Waals surface area contributed by atoms with E-state index >= 15 is 0 Å². The Morgan fingerprint density at radius 1 is 1.48 bits per heavy atom. The number of hydrogen-bond acceptors (Lipinski definition) is 4. The number of hydrogen-bond donors (Lipinski definition) is 2. The number of carbonyl (C=O) groups is 1. The lowest BCUT2D eigenvalue weighted by Crippen LogP contribution is -2.49. The molecule has 0 unspecified atom stereocenters. The van der Waals surface area contributed by atoms with Crippen molar-refractivity contribution in [2.24, 2.45) is 5.73 Å². The quantitative estimate of drug-likeness (QED) is 0.898. The van der Waals surface area contributed by atoms with Crippen LogP contribution in [0, 0.1) is 6.92 Å². The van der Waals surface area contributed by atoms with E-state index in [2.05, 4.69) is 15.4 Å². The Labute approximate surface area is 124 Å². The number of pyridine rings is 1. The maximum atomic E-state index is 12.4. The van der Waals surface area contributed by atoms with Crippen molar-refractivity contribution in [3.63, 3.8) is 0 Å². The van der Waals surface area contributed by atoms with Crippen molar-refractivity contribution in [3.8, 4) is 0 Å². The van der Waals surface area contributed by atoms with E-state index in [1.807, 2.05) is 45.4 Å². The summed E-state index contributed by atoms with van der Waals surface area (Å²) in [4.78, 5) is 16.9. The lowest BCUT2D eigenvalue weighted by molar-refractivity contribution is 0.0915. The van der Waals surface area contributed by atoms with Crippen LogP contribution in [0.4, 0.5) is 0 Å². The minimum absolute atomic E-state index is 0.158. The lowest BCUT2D eigenvalue weighted by Gasteiger charge is -2.24. The summed E-state index contributed by atoms with van der Waals surface area (Å²) in [6, 6.07) is 2.07. The topological polar surface area (TPSA) is 85.8 Å². The molecule has 0 saturated heterocycles. The van der Waals surface area contributed by atoms with Gasteiger partial charge in [0.15, 0.2) is 5.65 Å². The SMILES string of the molecule is Cc1nc2c(cnn2C(C)C)cc1C(=O)NC(C)(C)CN. The van der Waals surface area contributed by atoms with E-state index in [1.165, 1.54) is 0 Å². The Kier molecular flexibility index (Phi) is 4.00. The third kappa shape index (κ3) is 3.05. The fourth-order valence-corrected chi connectivity index (χ4v) is 2.10. The number of aromatic nitrogens is 3. The molecular weight excluding hydrogens is 266 g/mol. The molecule has 6 heteroatoms. The normalized spacial score (nSPS) is 12.1. The summed E-state index contributed by atoms with van der Waals surface area (Å²) < 4.78 is 1.85. The summed E-state index contributed by atoms with van der Waals surface area (Å²) in [6.45, 7) is 10.1. The van der Waals surface area contributed by atoms with E-state index in [-0.39, 0.29) is 11.9 Å². The molecule has 0 bridgehead atoms. The van der Waals surface area contributed by atoms with Crippen molar-refractivity contribution in [2.75, 3.05) is 6.54 Å². The summed E-state index contributed by atoms with van der Waals surface area (Å²) in [5.74, 6) is -0.158. The second kappa shape index (κ2) is 5.44. The molecule has 0 aliphatic rings. The Morgan fingerprint density at radius 2 is 2.14 bits per heavy atom. The van der Waals surface area contributed by atoms with E-state index < -0.39 is 5.54 Å². The van der Waals surface area contributed by atoms with E-state index in [0.29, 0.717) is 17.8 Å². The highest BCUT2D eigenvalue weighted by molar-refractivity contribution is 5.98. The number of aryl methyl sites for hydroxylation is 1. The highest BCUT2D eigenvalue weighted by atomic mass is 16.1. The van der Waals surface area contributed by atoms with Crippen LogP contribution in [0.5, 0.6) is 0 Å². The number of carbonyl (C=O) groups excluding carboxylic acids is 1. The van der Waals surface area contributed by atoms with Crippen LogP contribution in [-0.4, -0.2) is 32.8 Å². The molecule has 3 N–H and O–H groups in total. The number of nitrogens with two attached hydrogens (primary N) is 1. The van der Waals surface area contributed by atoms with Gasteiger partial charge in [0.05, 0.1) is 17.5 Å². The van der Waals surface area contributed by atoms with Crippen molar-refractivity contribution in [2.45, 2.75) is 46.2 Å². The molecule has 0 fully saturated rings.